The number of nitrogens with two attached hydrogens (primary N) is 1. The Hall–Kier alpha value is -3.02. The zero-order valence-corrected chi connectivity index (χ0v) is 19.4. The van der Waals surface area contributed by atoms with Crippen molar-refractivity contribution in [3.05, 3.63) is 47.7 Å². The lowest BCUT2D eigenvalue weighted by Crippen LogP contribution is -2.48. The fourth-order valence-electron chi connectivity index (χ4n) is 3.00. The number of amides is 1. The second kappa shape index (κ2) is 9.23. The summed E-state index contributed by atoms with van der Waals surface area (Å²) in [6.45, 7) is 8.77. The average molecular weight is 463 g/mol. The number of ether oxygens (including phenoxy) is 1. The SMILES string of the molecule is CC(C)CNc1cc(C(=O)NC(C)(C)COc2cccc3c2C(N)=NS(O)(O)N3)ccn1. The first-order chi connectivity index (χ1) is 15.0. The lowest BCUT2D eigenvalue weighted by molar-refractivity contribution is 0.0880. The van der Waals surface area contributed by atoms with Gasteiger partial charge in [0.2, 0.25) is 0 Å². The number of rotatable bonds is 8. The molecule has 11 heteroatoms. The molecule has 1 aliphatic heterocycles. The van der Waals surface area contributed by atoms with E-state index in [0.717, 1.165) is 6.54 Å². The molecule has 174 valence electrons. The van der Waals surface area contributed by atoms with Gasteiger partial charge in [-0.3, -0.25) is 18.6 Å². The Morgan fingerprint density at radius 3 is 2.78 bits per heavy atom. The van der Waals surface area contributed by atoms with Gasteiger partial charge in [0.15, 0.2) is 5.84 Å². The Labute approximate surface area is 189 Å². The fraction of sp³-hybridized carbons (Fsp3) is 0.381. The standard InChI is InChI=1S/C21H30N6O4S/c1-13(2)11-24-17-10-14(8-9-23-17)20(28)25-21(3,4)12-31-16-7-5-6-15-18(16)19(22)27-32(29,30)26-15/h5-10,13,26,29-30H,11-12H2,1-4H3,(H2,22,27)(H,23,24)(H,25,28). The number of hydrogen-bond acceptors (Lipinski definition) is 9. The number of anilines is 2. The van der Waals surface area contributed by atoms with Crippen LogP contribution in [-0.4, -0.2) is 44.5 Å². The van der Waals surface area contributed by atoms with E-state index in [9.17, 15) is 13.9 Å². The normalized spacial score (nSPS) is 15.8. The molecule has 32 heavy (non-hydrogen) atoms. The topological polar surface area (TPSA) is 154 Å². The van der Waals surface area contributed by atoms with Gasteiger partial charge in [0.1, 0.15) is 18.2 Å². The van der Waals surface area contributed by atoms with Crippen molar-refractivity contribution in [2.24, 2.45) is 16.0 Å². The zero-order valence-electron chi connectivity index (χ0n) is 18.5. The smallest absolute Gasteiger partial charge is 0.252 e. The van der Waals surface area contributed by atoms with E-state index in [1.807, 2.05) is 13.8 Å². The number of benzene rings is 1. The Morgan fingerprint density at radius 1 is 1.31 bits per heavy atom. The van der Waals surface area contributed by atoms with Gasteiger partial charge in [-0.25, -0.2) is 4.98 Å². The average Bonchev–Trinajstić information content (AvgIpc) is 2.69. The first kappa shape index (κ1) is 23.6. The molecule has 0 radical (unpaired) electrons. The van der Waals surface area contributed by atoms with Gasteiger partial charge >= 0.3 is 0 Å². The molecule has 0 saturated heterocycles. The van der Waals surface area contributed by atoms with Crippen molar-refractivity contribution in [1.82, 2.24) is 10.3 Å². The third-order valence-electron chi connectivity index (χ3n) is 4.51. The van der Waals surface area contributed by atoms with Crippen LogP contribution in [0.2, 0.25) is 0 Å². The molecule has 2 aromatic rings. The van der Waals surface area contributed by atoms with Crippen LogP contribution >= 0.6 is 11.0 Å². The molecule has 2 heterocycles. The highest BCUT2D eigenvalue weighted by Crippen LogP contribution is 2.46. The van der Waals surface area contributed by atoms with Crippen molar-refractivity contribution in [2.75, 3.05) is 23.2 Å². The lowest BCUT2D eigenvalue weighted by atomic mass is 10.1. The first-order valence-corrected chi connectivity index (χ1v) is 11.7. The van der Waals surface area contributed by atoms with Gasteiger partial charge in [-0.1, -0.05) is 19.9 Å². The Bertz CT molecular complexity index is 1030. The summed E-state index contributed by atoms with van der Waals surface area (Å²) in [5, 5.41) is 6.18. The largest absolute Gasteiger partial charge is 0.490 e. The maximum atomic E-state index is 12.8. The zero-order chi connectivity index (χ0) is 23.5. The molecule has 0 fully saturated rings. The van der Waals surface area contributed by atoms with Crippen LogP contribution < -0.4 is 25.8 Å². The molecule has 3 rings (SSSR count). The molecule has 1 aromatic heterocycles. The van der Waals surface area contributed by atoms with Crippen LogP contribution in [0.1, 0.15) is 43.6 Å². The Kier molecular flexibility index (Phi) is 6.82. The highest BCUT2D eigenvalue weighted by Gasteiger charge is 2.27. The predicted octanol–water partition coefficient (Wildman–Crippen LogP) is 3.45. The minimum Gasteiger partial charge on any atom is -0.490 e. The number of carbonyl (C=O) groups excluding carboxylic acids is 1. The van der Waals surface area contributed by atoms with Gasteiger partial charge in [-0.15, -0.1) is 4.40 Å². The van der Waals surface area contributed by atoms with E-state index in [-0.39, 0.29) is 18.3 Å². The molecule has 7 N–H and O–H groups in total. The molecular formula is C21H30N6O4S. The number of carbonyl (C=O) groups is 1. The van der Waals surface area contributed by atoms with Gasteiger partial charge < -0.3 is 21.1 Å². The van der Waals surface area contributed by atoms with E-state index in [2.05, 4.69) is 38.6 Å². The maximum Gasteiger partial charge on any atom is 0.252 e. The summed E-state index contributed by atoms with van der Waals surface area (Å²) in [5.74, 6) is 1.23. The monoisotopic (exact) mass is 462 g/mol. The molecule has 0 saturated carbocycles. The van der Waals surface area contributed by atoms with Crippen LogP contribution in [0.4, 0.5) is 11.5 Å². The summed E-state index contributed by atoms with van der Waals surface area (Å²) >= 11 is 0. The summed E-state index contributed by atoms with van der Waals surface area (Å²) in [4.78, 5) is 17.0. The molecule has 0 spiro atoms. The van der Waals surface area contributed by atoms with E-state index >= 15 is 0 Å². The van der Waals surface area contributed by atoms with Crippen molar-refractivity contribution in [3.63, 3.8) is 0 Å². The third-order valence-corrected chi connectivity index (χ3v) is 5.45. The van der Waals surface area contributed by atoms with E-state index in [0.29, 0.717) is 34.3 Å². The number of aromatic nitrogens is 1. The van der Waals surface area contributed by atoms with Crippen LogP contribution in [-0.2, 0) is 0 Å². The first-order valence-electron chi connectivity index (χ1n) is 10.2. The van der Waals surface area contributed by atoms with Crippen molar-refractivity contribution in [2.45, 2.75) is 33.2 Å². The molecular weight excluding hydrogens is 432 g/mol. The van der Waals surface area contributed by atoms with Crippen LogP contribution in [0, 0.1) is 5.92 Å². The minimum atomic E-state index is -3.37. The van der Waals surface area contributed by atoms with Crippen LogP contribution in [0.15, 0.2) is 40.9 Å². The molecule has 10 nitrogen and oxygen atoms in total. The predicted molar refractivity (Wildman–Crippen MR) is 128 cm³/mol. The summed E-state index contributed by atoms with van der Waals surface area (Å²) < 4.78 is 31.8. The van der Waals surface area contributed by atoms with E-state index in [1.54, 1.807) is 36.5 Å². The van der Waals surface area contributed by atoms with Crippen LogP contribution in [0.5, 0.6) is 5.75 Å². The number of nitrogens with one attached hydrogen (secondary N) is 3. The molecule has 1 aliphatic rings. The van der Waals surface area contributed by atoms with Gasteiger partial charge in [0.25, 0.3) is 5.91 Å². The Morgan fingerprint density at radius 2 is 2.06 bits per heavy atom. The number of fused-ring (bicyclic) bond motifs is 1. The molecule has 1 amide bonds. The molecule has 0 aliphatic carbocycles. The summed E-state index contributed by atoms with van der Waals surface area (Å²) in [5.41, 5.74) is 6.55. The quantitative estimate of drug-likeness (QED) is 0.349. The highest BCUT2D eigenvalue weighted by molar-refractivity contribution is 8.24. The van der Waals surface area contributed by atoms with Gasteiger partial charge in [0.05, 0.1) is 16.8 Å². The van der Waals surface area contributed by atoms with Crippen molar-refractivity contribution < 1.29 is 18.6 Å². The molecule has 0 unspecified atom stereocenters. The van der Waals surface area contributed by atoms with Crippen LogP contribution in [0.25, 0.3) is 0 Å². The molecule has 0 atom stereocenters. The van der Waals surface area contributed by atoms with E-state index in [4.69, 9.17) is 10.5 Å². The second-order valence-corrected chi connectivity index (χ2v) is 10.0. The third kappa shape index (κ3) is 6.02. The summed E-state index contributed by atoms with van der Waals surface area (Å²) in [6, 6.07) is 8.42. The molecule has 0 bridgehead atoms. The van der Waals surface area contributed by atoms with E-state index in [1.165, 1.54) is 0 Å². The minimum absolute atomic E-state index is 0.0330. The number of amidine groups is 1. The maximum absolute atomic E-state index is 12.8. The van der Waals surface area contributed by atoms with Crippen molar-refractivity contribution >= 4 is 34.2 Å². The summed E-state index contributed by atoms with van der Waals surface area (Å²) in [7, 11) is -3.37. The summed E-state index contributed by atoms with van der Waals surface area (Å²) in [6.07, 6.45) is 1.59. The number of hydrogen-bond donors (Lipinski definition) is 6. The number of nitrogens with zero attached hydrogens (tertiary/aromatic N) is 2. The lowest BCUT2D eigenvalue weighted by Gasteiger charge is -2.34. The van der Waals surface area contributed by atoms with Crippen molar-refractivity contribution in [3.8, 4) is 5.75 Å². The van der Waals surface area contributed by atoms with Gasteiger partial charge in [0, 0.05) is 18.3 Å². The van der Waals surface area contributed by atoms with Crippen molar-refractivity contribution in [1.29, 1.82) is 0 Å². The van der Waals surface area contributed by atoms with E-state index < -0.39 is 16.5 Å². The second-order valence-electron chi connectivity index (χ2n) is 8.61. The highest BCUT2D eigenvalue weighted by atomic mass is 32.3. The van der Waals surface area contributed by atoms with Crippen LogP contribution in [0.3, 0.4) is 0 Å². The Balaban J connectivity index is 1.67. The fourth-order valence-corrected chi connectivity index (χ4v) is 3.88. The van der Waals surface area contributed by atoms with Gasteiger partial charge in [-0.05, 0) is 55.0 Å². The van der Waals surface area contributed by atoms with Gasteiger partial charge in [-0.2, -0.15) is 0 Å². The molecule has 1 aromatic carbocycles. The number of pyridine rings is 1.